The van der Waals surface area contributed by atoms with E-state index in [2.05, 4.69) is 80.6 Å². The van der Waals surface area contributed by atoms with Crippen molar-refractivity contribution in [1.29, 1.82) is 0 Å². The first-order valence-electron chi connectivity index (χ1n) is 34.5. The van der Waals surface area contributed by atoms with Crippen LogP contribution in [-0.4, -0.2) is 85.9 Å². The van der Waals surface area contributed by atoms with Crippen LogP contribution in [0.4, 0.5) is 0 Å². The monoisotopic (exact) mass is 1370 g/mol. The summed E-state index contributed by atoms with van der Waals surface area (Å²) in [7, 11) is 1.20. The summed E-state index contributed by atoms with van der Waals surface area (Å²) in [6.07, 6.45) is 18.3. The molecule has 0 aliphatic heterocycles. The predicted molar refractivity (Wildman–Crippen MR) is 396 cm³/mol. The van der Waals surface area contributed by atoms with Gasteiger partial charge in [-0.2, -0.15) is 0 Å². The zero-order valence-electron chi connectivity index (χ0n) is 58.6. The van der Waals surface area contributed by atoms with Gasteiger partial charge in [-0.05, 0) is 113 Å². The van der Waals surface area contributed by atoms with Crippen LogP contribution in [0.1, 0.15) is 184 Å². The Hall–Kier alpha value is -9.03. The second-order valence-corrected chi connectivity index (χ2v) is 29.3. The number of unbranched alkanes of at least 4 members (excludes halogenated alkanes) is 8. The van der Waals surface area contributed by atoms with E-state index in [1.165, 1.54) is 81.1 Å². The number of nitrogens with one attached hydrogen (secondary N) is 1. The molecule has 4 atom stereocenters. The molecule has 0 bridgehead atoms. The Morgan fingerprint density at radius 3 is 1.25 bits per heavy atom. The quantitative estimate of drug-likeness (QED) is 0.0194. The number of Topliss-reactive ketones (excluding diaryl/α,β-unsaturated/α-hetero) is 2. The average Bonchev–Trinajstić information content (AvgIpc) is 1.36. The molecule has 9 rings (SSSR count). The SMILES string of the molecule is CCCCCCCOc1ccc(-c2cnc(-c3ccc(C[C@H](CC(=O)c4ccc(C(C)(C)C)s4)C(=O)NC(C(=O)OC)C(O)c4ccccc4)cc3)nc2)cc1.CCCCCCCOc1ccc(-c2cnc(-c3ccc(C[C@H](CC(=O)c4ccc(C(C)(C)C)s4)C(=O)O)cc3)nc2)cc1. The normalized spacial score (nSPS) is 12.7. The van der Waals surface area contributed by atoms with Crippen molar-refractivity contribution in [3.8, 4) is 56.5 Å². The molecule has 0 aliphatic rings. The first-order valence-corrected chi connectivity index (χ1v) is 36.1. The van der Waals surface area contributed by atoms with Crippen LogP contribution in [0.3, 0.4) is 0 Å². The summed E-state index contributed by atoms with van der Waals surface area (Å²) in [6.45, 7) is 18.4. The van der Waals surface area contributed by atoms with Crippen LogP contribution in [0.25, 0.3) is 45.0 Å². The molecule has 99 heavy (non-hydrogen) atoms. The summed E-state index contributed by atoms with van der Waals surface area (Å²) in [5.41, 5.74) is 7.38. The molecule has 17 heteroatoms. The number of benzene rings is 5. The van der Waals surface area contributed by atoms with Crippen LogP contribution in [0, 0.1) is 11.8 Å². The largest absolute Gasteiger partial charge is 0.494 e. The van der Waals surface area contributed by atoms with Gasteiger partial charge in [0.15, 0.2) is 29.3 Å². The Morgan fingerprint density at radius 1 is 0.475 bits per heavy atom. The molecule has 2 unspecified atom stereocenters. The second kappa shape index (κ2) is 37.2. The molecule has 0 radical (unpaired) electrons. The molecule has 4 heterocycles. The topological polar surface area (TPSA) is 217 Å². The number of aliphatic hydroxyl groups excluding tert-OH is 1. The van der Waals surface area contributed by atoms with Gasteiger partial charge >= 0.3 is 11.9 Å². The number of carbonyl (C=O) groups excluding carboxylic acids is 4. The van der Waals surface area contributed by atoms with Gasteiger partial charge in [-0.15, -0.1) is 22.7 Å². The minimum atomic E-state index is -1.37. The van der Waals surface area contributed by atoms with Crippen molar-refractivity contribution >= 4 is 52.1 Å². The number of carboxylic acid groups (broad SMARTS) is 1. The maximum atomic E-state index is 14.0. The summed E-state index contributed by atoms with van der Waals surface area (Å²) >= 11 is 2.87. The number of aliphatic hydroxyl groups is 1. The molecule has 520 valence electrons. The fourth-order valence-electron chi connectivity index (χ4n) is 11.1. The van der Waals surface area contributed by atoms with E-state index in [1.54, 1.807) is 48.8 Å². The molecule has 3 N–H and O–H groups in total. The van der Waals surface area contributed by atoms with Gasteiger partial charge in [-0.25, -0.2) is 24.7 Å². The van der Waals surface area contributed by atoms with Gasteiger partial charge in [0, 0.05) is 75.6 Å². The van der Waals surface area contributed by atoms with Gasteiger partial charge in [0.05, 0.1) is 36.0 Å². The van der Waals surface area contributed by atoms with Gasteiger partial charge < -0.3 is 29.7 Å². The number of hydrogen-bond acceptors (Lipinski definition) is 15. The number of esters is 1. The van der Waals surface area contributed by atoms with Crippen LogP contribution >= 0.6 is 22.7 Å². The molecule has 15 nitrogen and oxygen atoms in total. The smallest absolute Gasteiger partial charge is 0.331 e. The molecular weight excluding hydrogens is 1280 g/mol. The Labute approximate surface area is 591 Å². The number of nitrogens with zero attached hydrogens (tertiary/aromatic N) is 4. The number of rotatable bonds is 34. The lowest BCUT2D eigenvalue weighted by Crippen LogP contribution is -2.48. The van der Waals surface area contributed by atoms with E-state index >= 15 is 0 Å². The summed E-state index contributed by atoms with van der Waals surface area (Å²) in [5.74, 6) is -1.38. The minimum absolute atomic E-state index is 0.0299. The summed E-state index contributed by atoms with van der Waals surface area (Å²) < 4.78 is 16.7. The lowest BCUT2D eigenvalue weighted by atomic mass is 9.91. The number of hydrogen-bond donors (Lipinski definition) is 3. The van der Waals surface area contributed by atoms with Gasteiger partial charge in [-0.3, -0.25) is 19.2 Å². The molecule has 9 aromatic rings. The van der Waals surface area contributed by atoms with E-state index in [9.17, 15) is 34.2 Å². The molecular formula is C82H95N5O10S2. The molecule has 0 aliphatic carbocycles. The molecule has 0 spiro atoms. The zero-order chi connectivity index (χ0) is 70.9. The van der Waals surface area contributed by atoms with E-state index < -0.39 is 41.8 Å². The van der Waals surface area contributed by atoms with Crippen molar-refractivity contribution in [3.63, 3.8) is 0 Å². The lowest BCUT2D eigenvalue weighted by molar-refractivity contribution is -0.149. The molecule has 0 saturated heterocycles. The highest BCUT2D eigenvalue weighted by molar-refractivity contribution is 7.14. The minimum Gasteiger partial charge on any atom is -0.494 e. The van der Waals surface area contributed by atoms with Crippen LogP contribution in [0.2, 0.25) is 0 Å². The third-order valence-electron chi connectivity index (χ3n) is 17.1. The van der Waals surface area contributed by atoms with Gasteiger partial charge in [0.1, 0.15) is 17.6 Å². The molecule has 0 fully saturated rings. The number of methoxy groups -OCH3 is 1. The maximum absolute atomic E-state index is 14.0. The summed E-state index contributed by atoms with van der Waals surface area (Å²) in [6, 6.07) is 45.8. The van der Waals surface area contributed by atoms with Crippen LogP contribution in [0.15, 0.2) is 176 Å². The first kappa shape index (κ1) is 75.7. The van der Waals surface area contributed by atoms with E-state index in [-0.39, 0.29) is 48.1 Å². The second-order valence-electron chi connectivity index (χ2n) is 27.1. The third-order valence-corrected chi connectivity index (χ3v) is 20.2. The average molecular weight is 1370 g/mol. The number of amides is 1. The standard InChI is InChI=1S/C46H53N3O6S.C36H42N2O4S/c1-6-7-8-9-13-26-55-37-22-20-32(21-23-37)36-29-47-43(48-30-36)34-18-16-31(17-19-34)27-35(28-38(50)39-24-25-40(56-39)46(2,3)4)44(52)49-41(45(53)54-5)42(51)33-14-11-10-12-15-33;1-5-6-7-8-9-20-42-30-16-14-26(15-17-30)29-23-37-34(38-24-29)27-12-10-25(11-13-27)21-28(35(40)41)22-31(39)32-18-19-33(43-32)36(2,3)4/h10-12,14-25,29-30,35,41-42,51H,6-9,13,26-28H2,1-5H3,(H,49,52);10-19,23-24,28H,5-9,20-22H2,1-4H3,(H,40,41)/t35-,41?,42?;28-/m11/s1. The molecule has 1 amide bonds. The number of aliphatic carboxylic acids is 1. The van der Waals surface area contributed by atoms with Crippen molar-refractivity contribution in [2.45, 2.75) is 168 Å². The fraction of sp³-hybridized carbons (Fsp3) is 0.378. The number of carboxylic acids is 1. The van der Waals surface area contributed by atoms with Crippen LogP contribution in [0.5, 0.6) is 11.5 Å². The number of aromatic nitrogens is 4. The Kier molecular flexibility index (Phi) is 28.5. The van der Waals surface area contributed by atoms with Crippen molar-refractivity contribution < 1.29 is 48.4 Å². The predicted octanol–water partition coefficient (Wildman–Crippen LogP) is 18.4. The lowest BCUT2D eigenvalue weighted by Gasteiger charge is -2.25. The van der Waals surface area contributed by atoms with Gasteiger partial charge in [0.25, 0.3) is 0 Å². The van der Waals surface area contributed by atoms with Gasteiger partial charge in [-0.1, -0.05) is 210 Å². The van der Waals surface area contributed by atoms with Crippen LogP contribution < -0.4 is 14.8 Å². The number of thiophene rings is 2. The summed E-state index contributed by atoms with van der Waals surface area (Å²) in [4.78, 5) is 87.1. The highest BCUT2D eigenvalue weighted by atomic mass is 32.1. The van der Waals surface area contributed by atoms with Crippen molar-refractivity contribution in [2.24, 2.45) is 11.8 Å². The zero-order valence-corrected chi connectivity index (χ0v) is 60.3. The molecule has 5 aromatic carbocycles. The van der Waals surface area contributed by atoms with Crippen LogP contribution in [-0.2, 0) is 42.8 Å². The first-order chi connectivity index (χ1) is 47.6. The van der Waals surface area contributed by atoms with E-state index in [0.29, 0.717) is 33.6 Å². The van der Waals surface area contributed by atoms with E-state index in [4.69, 9.17) is 14.2 Å². The number of ketones is 2. The maximum Gasteiger partial charge on any atom is 0.331 e. The highest BCUT2D eigenvalue weighted by Crippen LogP contribution is 2.34. The van der Waals surface area contributed by atoms with E-state index in [0.717, 1.165) is 85.2 Å². The van der Waals surface area contributed by atoms with Gasteiger partial charge in [0.2, 0.25) is 5.91 Å². The van der Waals surface area contributed by atoms with Crippen molar-refractivity contribution in [3.05, 3.63) is 213 Å². The fourth-order valence-corrected chi connectivity index (χ4v) is 13.1. The van der Waals surface area contributed by atoms with Crippen molar-refractivity contribution in [1.82, 2.24) is 25.3 Å². The number of carbonyl (C=O) groups is 5. The Morgan fingerprint density at radius 2 is 0.869 bits per heavy atom. The third kappa shape index (κ3) is 23.0. The Bertz CT molecular complexity index is 3990. The highest BCUT2D eigenvalue weighted by Gasteiger charge is 2.34. The van der Waals surface area contributed by atoms with Crippen molar-refractivity contribution in [2.75, 3.05) is 20.3 Å². The Balaban J connectivity index is 0.000000261. The summed E-state index contributed by atoms with van der Waals surface area (Å²) in [5, 5.41) is 23.7. The number of ether oxygens (including phenoxy) is 3. The van der Waals surface area contributed by atoms with E-state index in [1.807, 2.05) is 128 Å². The molecule has 4 aromatic heterocycles. The molecule has 0 saturated carbocycles.